The van der Waals surface area contributed by atoms with Crippen LogP contribution in [0.5, 0.6) is 0 Å². The van der Waals surface area contributed by atoms with Gasteiger partial charge in [-0.2, -0.15) is 0 Å². The van der Waals surface area contributed by atoms with Crippen LogP contribution < -0.4 is 0 Å². The van der Waals surface area contributed by atoms with Crippen LogP contribution in [0.4, 0.5) is 0 Å². The number of esters is 1. The van der Waals surface area contributed by atoms with Crippen molar-refractivity contribution in [1.82, 2.24) is 9.80 Å². The molecule has 1 N–H and O–H groups in total. The maximum atomic E-state index is 12.5. The Labute approximate surface area is 297 Å². The molecule has 0 aromatic heterocycles. The van der Waals surface area contributed by atoms with Crippen LogP contribution in [0, 0.1) is 11.8 Å². The highest BCUT2D eigenvalue weighted by molar-refractivity contribution is 6.22. The fourth-order valence-corrected chi connectivity index (χ4v) is 8.91. The molecule has 2 heterocycles. The van der Waals surface area contributed by atoms with Crippen LogP contribution in [0.15, 0.2) is 97.1 Å². The quantitative estimate of drug-likeness (QED) is 0.223. The number of carbonyl (C=O) groups excluding carboxylic acids is 1. The number of ether oxygens (including phenoxy) is 1. The second kappa shape index (κ2) is 15.3. The summed E-state index contributed by atoms with van der Waals surface area (Å²) in [5.41, 5.74) is 11.7. The van der Waals surface area contributed by atoms with Gasteiger partial charge in [-0.05, 0) is 140 Å². The molecule has 4 aromatic carbocycles. The SMILES string of the molecule is CN1CCC(C2c3ccccc3C=C(CO)c3ccccc32)CC1.COC(=O)C1=Cc2ccccc2C(C2CCN(C)CC2)c2ccccc21. The topological polar surface area (TPSA) is 53.0 Å². The van der Waals surface area contributed by atoms with E-state index in [9.17, 15) is 9.90 Å². The summed E-state index contributed by atoms with van der Waals surface area (Å²) in [5, 5.41) is 9.94. The molecule has 2 saturated heterocycles. The molecule has 8 rings (SSSR count). The molecular formula is C45H50N2O3. The first-order valence-electron chi connectivity index (χ1n) is 18.3. The largest absolute Gasteiger partial charge is 0.465 e. The molecule has 0 bridgehead atoms. The van der Waals surface area contributed by atoms with Gasteiger partial charge in [0, 0.05) is 11.8 Å². The van der Waals surface area contributed by atoms with Crippen LogP contribution >= 0.6 is 0 Å². The van der Waals surface area contributed by atoms with E-state index in [0.717, 1.165) is 29.8 Å². The Morgan fingerprint density at radius 2 is 1.04 bits per heavy atom. The van der Waals surface area contributed by atoms with E-state index in [4.69, 9.17) is 4.74 Å². The molecule has 0 radical (unpaired) electrons. The van der Waals surface area contributed by atoms with Gasteiger partial charge in [-0.25, -0.2) is 4.79 Å². The summed E-state index contributed by atoms with van der Waals surface area (Å²) in [6, 6.07) is 34.3. The number of hydrogen-bond donors (Lipinski definition) is 1. The Morgan fingerprint density at radius 3 is 1.54 bits per heavy atom. The molecular weight excluding hydrogens is 617 g/mol. The minimum absolute atomic E-state index is 0.0888. The third kappa shape index (κ3) is 6.87. The number of hydrogen-bond acceptors (Lipinski definition) is 5. The van der Waals surface area contributed by atoms with Crippen molar-refractivity contribution in [2.45, 2.75) is 37.5 Å². The molecule has 0 spiro atoms. The van der Waals surface area contributed by atoms with Crippen LogP contribution in [0.1, 0.15) is 82.0 Å². The number of rotatable bonds is 4. The normalized spacial score (nSPS) is 21.0. The predicted molar refractivity (Wildman–Crippen MR) is 205 cm³/mol. The number of piperidine rings is 2. The maximum Gasteiger partial charge on any atom is 0.338 e. The Hall–Kier alpha value is -4.29. The average Bonchev–Trinajstić information content (AvgIpc) is 3.40. The molecule has 0 amide bonds. The third-order valence-corrected chi connectivity index (χ3v) is 11.6. The molecule has 0 saturated carbocycles. The summed E-state index contributed by atoms with van der Waals surface area (Å²) in [6.45, 7) is 4.69. The van der Waals surface area contributed by atoms with Crippen molar-refractivity contribution in [3.8, 4) is 0 Å². The molecule has 4 aromatic rings. The van der Waals surface area contributed by atoms with Gasteiger partial charge in [0.05, 0.1) is 19.3 Å². The second-order valence-corrected chi connectivity index (χ2v) is 14.5. The van der Waals surface area contributed by atoms with Crippen LogP contribution in [0.3, 0.4) is 0 Å². The number of methoxy groups -OCH3 is 1. The Bertz CT molecular complexity index is 1880. The zero-order chi connectivity index (χ0) is 34.6. The third-order valence-electron chi connectivity index (χ3n) is 11.6. The lowest BCUT2D eigenvalue weighted by Gasteiger charge is -2.35. The van der Waals surface area contributed by atoms with E-state index in [2.05, 4.69) is 115 Å². The van der Waals surface area contributed by atoms with Gasteiger partial charge in [0.15, 0.2) is 0 Å². The summed E-state index contributed by atoms with van der Waals surface area (Å²) >= 11 is 0. The van der Waals surface area contributed by atoms with E-state index >= 15 is 0 Å². The second-order valence-electron chi connectivity index (χ2n) is 14.5. The van der Waals surface area contributed by atoms with Crippen molar-refractivity contribution >= 4 is 29.3 Å². The summed E-state index contributed by atoms with van der Waals surface area (Å²) in [7, 11) is 5.87. The van der Waals surface area contributed by atoms with E-state index < -0.39 is 0 Å². The van der Waals surface area contributed by atoms with Gasteiger partial charge in [0.25, 0.3) is 0 Å². The van der Waals surface area contributed by atoms with Crippen molar-refractivity contribution in [3.05, 3.63) is 142 Å². The van der Waals surface area contributed by atoms with Gasteiger partial charge >= 0.3 is 5.97 Å². The number of aliphatic hydroxyl groups excluding tert-OH is 1. The van der Waals surface area contributed by atoms with E-state index in [-0.39, 0.29) is 12.6 Å². The Kier molecular flexibility index (Phi) is 10.5. The first kappa shape index (κ1) is 34.2. The number of likely N-dealkylation sites (tertiary alicyclic amines) is 2. The molecule has 50 heavy (non-hydrogen) atoms. The zero-order valence-electron chi connectivity index (χ0n) is 29.7. The lowest BCUT2D eigenvalue weighted by atomic mass is 9.74. The van der Waals surface area contributed by atoms with E-state index in [1.54, 1.807) is 0 Å². The van der Waals surface area contributed by atoms with Gasteiger partial charge in [0.1, 0.15) is 0 Å². The van der Waals surface area contributed by atoms with Crippen LogP contribution in [-0.4, -0.2) is 74.9 Å². The highest BCUT2D eigenvalue weighted by atomic mass is 16.5. The highest BCUT2D eigenvalue weighted by Gasteiger charge is 2.35. The minimum atomic E-state index is -0.267. The van der Waals surface area contributed by atoms with Gasteiger partial charge < -0.3 is 19.6 Å². The lowest BCUT2D eigenvalue weighted by molar-refractivity contribution is -0.133. The zero-order valence-corrected chi connectivity index (χ0v) is 29.7. The van der Waals surface area contributed by atoms with Gasteiger partial charge in [-0.1, -0.05) is 97.1 Å². The number of carbonyl (C=O) groups is 1. The summed E-state index contributed by atoms with van der Waals surface area (Å²) in [5.74, 6) is 1.71. The number of fused-ring (bicyclic) bond motifs is 4. The van der Waals surface area contributed by atoms with Gasteiger partial charge in [-0.3, -0.25) is 0 Å². The highest BCUT2D eigenvalue weighted by Crippen LogP contribution is 2.46. The smallest absolute Gasteiger partial charge is 0.338 e. The molecule has 5 heteroatoms. The Balaban J connectivity index is 0.000000157. The number of aliphatic hydroxyl groups is 1. The first-order chi connectivity index (χ1) is 24.5. The summed E-state index contributed by atoms with van der Waals surface area (Å²) in [6.07, 6.45) is 9.02. The van der Waals surface area contributed by atoms with Crippen LogP contribution in [0.25, 0.3) is 23.3 Å². The Morgan fingerprint density at radius 1 is 0.620 bits per heavy atom. The molecule has 2 atom stereocenters. The van der Waals surface area contributed by atoms with Gasteiger partial charge in [-0.15, -0.1) is 0 Å². The fourth-order valence-electron chi connectivity index (χ4n) is 8.91. The van der Waals surface area contributed by atoms with Crippen molar-refractivity contribution < 1.29 is 14.6 Å². The molecule has 258 valence electrons. The lowest BCUT2D eigenvalue weighted by Crippen LogP contribution is -2.33. The molecule has 2 fully saturated rings. The van der Waals surface area contributed by atoms with Crippen molar-refractivity contribution in [2.75, 3.05) is 54.0 Å². The first-order valence-corrected chi connectivity index (χ1v) is 18.3. The molecule has 4 aliphatic rings. The van der Waals surface area contributed by atoms with E-state index in [1.807, 2.05) is 18.2 Å². The van der Waals surface area contributed by atoms with E-state index in [0.29, 0.717) is 29.2 Å². The fraction of sp³-hybridized carbons (Fsp3) is 0.356. The summed E-state index contributed by atoms with van der Waals surface area (Å²) in [4.78, 5) is 17.4. The minimum Gasteiger partial charge on any atom is -0.465 e. The van der Waals surface area contributed by atoms with Crippen LogP contribution in [0.2, 0.25) is 0 Å². The van der Waals surface area contributed by atoms with E-state index in [1.165, 1.54) is 79.3 Å². The number of nitrogens with zero attached hydrogens (tertiary/aromatic N) is 2. The monoisotopic (exact) mass is 666 g/mol. The molecule has 2 aliphatic heterocycles. The van der Waals surface area contributed by atoms with Crippen molar-refractivity contribution in [1.29, 1.82) is 0 Å². The summed E-state index contributed by atoms with van der Waals surface area (Å²) < 4.78 is 5.10. The van der Waals surface area contributed by atoms with Crippen molar-refractivity contribution in [2.24, 2.45) is 11.8 Å². The van der Waals surface area contributed by atoms with Crippen molar-refractivity contribution in [3.63, 3.8) is 0 Å². The maximum absolute atomic E-state index is 12.5. The molecule has 2 aliphatic carbocycles. The molecule has 5 nitrogen and oxygen atoms in total. The molecule has 2 unspecified atom stereocenters. The standard InChI is InChI=1S/C23H25NO2.C22H25NO/c1-24-13-11-16(12-14-24)22-18-8-4-3-7-17(18)15-21(23(25)26-2)19-9-5-6-10-20(19)22;1-23-12-10-16(11-13-23)22-20-8-3-2-6-17(20)14-18(15-24)19-7-4-5-9-21(19)22/h3-10,15-16,22H,11-14H2,1-2H3;2-9,14,16,22,24H,10-13,15H2,1H3. The average molecular weight is 667 g/mol. The predicted octanol–water partition coefficient (Wildman–Crippen LogP) is 8.19. The van der Waals surface area contributed by atoms with Crippen LogP contribution in [-0.2, 0) is 9.53 Å². The van der Waals surface area contributed by atoms with Gasteiger partial charge in [0.2, 0.25) is 0 Å². The number of benzene rings is 4.